The Morgan fingerprint density at radius 1 is 1.28 bits per heavy atom. The van der Waals surface area contributed by atoms with E-state index < -0.39 is 45.5 Å². The molecular formula is C17H8BrCl2F5N6O. The van der Waals surface area contributed by atoms with E-state index >= 15 is 0 Å². The highest BCUT2D eigenvalue weighted by Gasteiger charge is 2.33. The second-order valence-electron chi connectivity index (χ2n) is 5.64. The first-order valence-electron chi connectivity index (χ1n) is 8.02. The Labute approximate surface area is 195 Å². The topological polar surface area (TPSA) is 113 Å². The Hall–Kier alpha value is -2.87. The zero-order chi connectivity index (χ0) is 24.2. The minimum atomic E-state index is -4.73. The molecule has 2 N–H and O–H groups in total. The molecule has 168 valence electrons. The summed E-state index contributed by atoms with van der Waals surface area (Å²) in [6.45, 7) is -3.28. The zero-order valence-corrected chi connectivity index (χ0v) is 18.4. The lowest BCUT2D eigenvalue weighted by molar-refractivity contribution is -0.137. The molecule has 2 aromatic rings. The summed E-state index contributed by atoms with van der Waals surface area (Å²) in [6.07, 6.45) is -3.97. The average Bonchev–Trinajstić information content (AvgIpc) is 2.98. The van der Waals surface area contributed by atoms with Gasteiger partial charge in [-0.05, 0) is 28.1 Å². The van der Waals surface area contributed by atoms with E-state index in [1.165, 1.54) is 6.07 Å². The standard InChI is InChI=1S/C17H8BrCl2F5N6O/c18-15-14(32-16(21)22)11(1-2-29-12(6-27)10(28)5-26)30-31(15)13-8(19)3-7(4-9(13)20)17(23,24)25/h2-4,16H,1,28H2. The largest absolute Gasteiger partial charge is 0.430 e. The highest BCUT2D eigenvalue weighted by Crippen LogP contribution is 2.40. The van der Waals surface area contributed by atoms with Crippen LogP contribution in [0, 0.1) is 22.7 Å². The van der Waals surface area contributed by atoms with Crippen molar-refractivity contribution in [3.8, 4) is 23.6 Å². The summed E-state index contributed by atoms with van der Waals surface area (Å²) in [7, 11) is 0. The van der Waals surface area contributed by atoms with Gasteiger partial charge in [0.25, 0.3) is 0 Å². The van der Waals surface area contributed by atoms with Crippen molar-refractivity contribution in [1.29, 1.82) is 10.5 Å². The Morgan fingerprint density at radius 3 is 2.34 bits per heavy atom. The fourth-order valence-electron chi connectivity index (χ4n) is 2.28. The van der Waals surface area contributed by atoms with E-state index in [2.05, 4.69) is 30.8 Å². The van der Waals surface area contributed by atoms with Gasteiger partial charge in [0.1, 0.15) is 29.2 Å². The number of hydrogen-bond donors (Lipinski definition) is 1. The van der Waals surface area contributed by atoms with Crippen molar-refractivity contribution in [3.05, 3.63) is 49.4 Å². The van der Waals surface area contributed by atoms with E-state index in [4.69, 9.17) is 39.5 Å². The number of nitriles is 2. The smallest absolute Gasteiger partial charge is 0.416 e. The Bertz CT molecular complexity index is 1160. The van der Waals surface area contributed by atoms with Gasteiger partial charge >= 0.3 is 12.8 Å². The number of nitrogens with zero attached hydrogens (tertiary/aromatic N) is 5. The summed E-state index contributed by atoms with van der Waals surface area (Å²) in [5, 5.41) is 20.7. The normalized spacial score (nSPS) is 12.6. The Balaban J connectivity index is 2.58. The van der Waals surface area contributed by atoms with Crippen molar-refractivity contribution in [2.24, 2.45) is 10.7 Å². The maximum atomic E-state index is 13.0. The second-order valence-corrected chi connectivity index (χ2v) is 7.21. The molecule has 0 bridgehead atoms. The summed E-state index contributed by atoms with van der Waals surface area (Å²) < 4.78 is 69.8. The molecule has 0 atom stereocenters. The summed E-state index contributed by atoms with van der Waals surface area (Å²) in [4.78, 5) is 3.68. The molecule has 0 saturated carbocycles. The molecule has 0 aliphatic carbocycles. The number of aliphatic imine (C=N–C) groups is 1. The SMILES string of the molecule is N#CC(N)=C(C#N)N=CCc1nn(-c2c(Cl)cc(C(F)(F)F)cc2Cl)c(Br)c1OC(F)F. The van der Waals surface area contributed by atoms with Gasteiger partial charge in [-0.25, -0.2) is 9.67 Å². The Kier molecular flexibility index (Phi) is 8.07. The van der Waals surface area contributed by atoms with E-state index in [0.717, 1.165) is 10.9 Å². The summed E-state index contributed by atoms with van der Waals surface area (Å²) in [6, 6.07) is 4.30. The lowest BCUT2D eigenvalue weighted by atomic mass is 10.2. The predicted molar refractivity (Wildman–Crippen MR) is 108 cm³/mol. The number of benzene rings is 1. The van der Waals surface area contributed by atoms with Crippen molar-refractivity contribution in [2.45, 2.75) is 19.2 Å². The number of hydrogen-bond acceptors (Lipinski definition) is 6. The molecule has 0 saturated heterocycles. The summed E-state index contributed by atoms with van der Waals surface area (Å²) >= 11 is 14.9. The van der Waals surface area contributed by atoms with Crippen LogP contribution in [-0.4, -0.2) is 22.6 Å². The minimum absolute atomic E-state index is 0.166. The molecule has 32 heavy (non-hydrogen) atoms. The van der Waals surface area contributed by atoms with Gasteiger partial charge in [0.15, 0.2) is 16.0 Å². The van der Waals surface area contributed by atoms with Gasteiger partial charge in [0.2, 0.25) is 0 Å². The predicted octanol–water partition coefficient (Wildman–Crippen LogP) is 5.39. The number of aromatic nitrogens is 2. The van der Waals surface area contributed by atoms with E-state index in [-0.39, 0.29) is 22.4 Å². The number of halogens is 8. The van der Waals surface area contributed by atoms with E-state index in [1.807, 2.05) is 0 Å². The monoisotopic (exact) mass is 556 g/mol. The first-order valence-corrected chi connectivity index (χ1v) is 9.56. The molecule has 2 rings (SSSR count). The van der Waals surface area contributed by atoms with Crippen LogP contribution in [-0.2, 0) is 12.6 Å². The summed E-state index contributed by atoms with van der Waals surface area (Å²) in [5.41, 5.74) is 2.89. The first kappa shape index (κ1) is 25.4. The third kappa shape index (κ3) is 5.68. The average molecular weight is 558 g/mol. The molecule has 7 nitrogen and oxygen atoms in total. The van der Waals surface area contributed by atoms with Crippen LogP contribution in [0.2, 0.25) is 10.0 Å². The maximum Gasteiger partial charge on any atom is 0.416 e. The lowest BCUT2D eigenvalue weighted by Gasteiger charge is -2.13. The van der Waals surface area contributed by atoms with Gasteiger partial charge in [0.05, 0.1) is 15.6 Å². The molecule has 0 amide bonds. The molecule has 0 fully saturated rings. The highest BCUT2D eigenvalue weighted by molar-refractivity contribution is 9.10. The zero-order valence-electron chi connectivity index (χ0n) is 15.3. The van der Waals surface area contributed by atoms with Gasteiger partial charge in [-0.15, -0.1) is 0 Å². The number of allylic oxidation sites excluding steroid dienone is 2. The minimum Gasteiger partial charge on any atom is -0.430 e. The van der Waals surface area contributed by atoms with Crippen LogP contribution < -0.4 is 10.5 Å². The van der Waals surface area contributed by atoms with Gasteiger partial charge in [-0.1, -0.05) is 23.2 Å². The fraction of sp³-hybridized carbons (Fsp3) is 0.176. The molecule has 15 heteroatoms. The van der Waals surface area contributed by atoms with Crippen LogP contribution >= 0.6 is 39.1 Å². The van der Waals surface area contributed by atoms with Crippen molar-refractivity contribution in [3.63, 3.8) is 0 Å². The number of rotatable bonds is 6. The number of nitrogens with two attached hydrogens (primary N) is 1. The van der Waals surface area contributed by atoms with Crippen molar-refractivity contribution >= 4 is 45.3 Å². The number of alkyl halides is 5. The molecule has 0 aliphatic heterocycles. The number of ether oxygens (including phenoxy) is 1. The lowest BCUT2D eigenvalue weighted by Crippen LogP contribution is -2.07. The van der Waals surface area contributed by atoms with Gasteiger partial charge < -0.3 is 10.5 Å². The van der Waals surface area contributed by atoms with Gasteiger partial charge in [-0.2, -0.15) is 37.6 Å². The molecule has 1 aromatic carbocycles. The molecule has 0 aliphatic rings. The third-order valence-electron chi connectivity index (χ3n) is 3.61. The Morgan fingerprint density at radius 2 is 1.88 bits per heavy atom. The van der Waals surface area contributed by atoms with Crippen LogP contribution in [0.1, 0.15) is 11.3 Å². The van der Waals surface area contributed by atoms with Crippen molar-refractivity contribution in [2.75, 3.05) is 0 Å². The van der Waals surface area contributed by atoms with Crippen LogP contribution in [0.3, 0.4) is 0 Å². The molecular weight excluding hydrogens is 550 g/mol. The first-order chi connectivity index (χ1) is 14.9. The van der Waals surface area contributed by atoms with E-state index in [9.17, 15) is 22.0 Å². The molecule has 1 heterocycles. The van der Waals surface area contributed by atoms with Gasteiger partial charge in [0, 0.05) is 12.6 Å². The molecule has 0 spiro atoms. The van der Waals surface area contributed by atoms with E-state index in [0.29, 0.717) is 12.1 Å². The maximum absolute atomic E-state index is 13.0. The third-order valence-corrected chi connectivity index (χ3v) is 4.88. The molecule has 0 radical (unpaired) electrons. The second kappa shape index (κ2) is 10.2. The van der Waals surface area contributed by atoms with Crippen LogP contribution in [0.25, 0.3) is 5.69 Å². The summed E-state index contributed by atoms with van der Waals surface area (Å²) in [5.74, 6) is -0.478. The fourth-order valence-corrected chi connectivity index (χ4v) is 3.51. The van der Waals surface area contributed by atoms with Crippen LogP contribution in [0.5, 0.6) is 5.75 Å². The van der Waals surface area contributed by atoms with Crippen molar-refractivity contribution < 1.29 is 26.7 Å². The van der Waals surface area contributed by atoms with E-state index in [1.54, 1.807) is 6.07 Å². The van der Waals surface area contributed by atoms with Crippen LogP contribution in [0.4, 0.5) is 22.0 Å². The molecule has 1 aromatic heterocycles. The quantitative estimate of drug-likeness (QED) is 0.290. The molecule has 0 unspecified atom stereocenters. The highest BCUT2D eigenvalue weighted by atomic mass is 79.9. The van der Waals surface area contributed by atoms with Crippen LogP contribution in [0.15, 0.2) is 33.1 Å². The van der Waals surface area contributed by atoms with Gasteiger partial charge in [-0.3, -0.25) is 0 Å². The van der Waals surface area contributed by atoms with Crippen molar-refractivity contribution in [1.82, 2.24) is 9.78 Å².